The molecule has 86 valence electrons. The monoisotopic (exact) mass is 212 g/mol. The fourth-order valence-corrected chi connectivity index (χ4v) is 1.54. The van der Waals surface area contributed by atoms with Crippen molar-refractivity contribution < 1.29 is 4.52 Å². The lowest BCUT2D eigenvalue weighted by Gasteiger charge is -2.24. The molecule has 0 radical (unpaired) electrons. The van der Waals surface area contributed by atoms with E-state index < -0.39 is 0 Å². The third-order valence-electron chi connectivity index (χ3n) is 3.01. The van der Waals surface area contributed by atoms with Crippen LogP contribution in [0.3, 0.4) is 0 Å². The lowest BCUT2D eigenvalue weighted by Crippen LogP contribution is -2.34. The fourth-order valence-electron chi connectivity index (χ4n) is 1.54. The minimum Gasteiger partial charge on any atom is -0.344 e. The van der Waals surface area contributed by atoms with Crippen LogP contribution in [0.25, 0.3) is 0 Å². The van der Waals surface area contributed by atoms with Gasteiger partial charge in [0, 0.05) is 20.6 Å². The van der Waals surface area contributed by atoms with Gasteiger partial charge in [0.15, 0.2) is 0 Å². The molecule has 0 unspecified atom stereocenters. The summed E-state index contributed by atoms with van der Waals surface area (Å²) in [5.74, 6) is 1.25. The lowest BCUT2D eigenvalue weighted by atomic mass is 9.82. The first kappa shape index (κ1) is 12.0. The molecular weight excluding hydrogens is 192 g/mol. The quantitative estimate of drug-likeness (QED) is 0.793. The van der Waals surface area contributed by atoms with Gasteiger partial charge in [0.05, 0.1) is 5.41 Å². The van der Waals surface area contributed by atoms with E-state index in [0.29, 0.717) is 18.4 Å². The molecule has 0 aromatic carbocycles. The molecule has 5 heteroatoms. The van der Waals surface area contributed by atoms with E-state index in [1.807, 2.05) is 19.0 Å². The van der Waals surface area contributed by atoms with Crippen LogP contribution < -0.4 is 10.6 Å². The Kier molecular flexibility index (Phi) is 3.68. The summed E-state index contributed by atoms with van der Waals surface area (Å²) in [5.41, 5.74) is 5.64. The predicted octanol–water partition coefficient (Wildman–Crippen LogP) is 1.15. The molecule has 0 aliphatic rings. The zero-order valence-corrected chi connectivity index (χ0v) is 9.95. The fraction of sp³-hybridized carbons (Fsp3) is 0.800. The van der Waals surface area contributed by atoms with E-state index in [4.69, 9.17) is 10.3 Å². The van der Waals surface area contributed by atoms with Gasteiger partial charge in [-0.1, -0.05) is 13.8 Å². The topological polar surface area (TPSA) is 68.2 Å². The number of rotatable bonds is 5. The third-order valence-corrected chi connectivity index (χ3v) is 3.01. The zero-order chi connectivity index (χ0) is 11.5. The average molecular weight is 212 g/mol. The molecule has 1 rings (SSSR count). The van der Waals surface area contributed by atoms with E-state index in [0.717, 1.165) is 12.8 Å². The van der Waals surface area contributed by atoms with Gasteiger partial charge in [-0.15, -0.1) is 0 Å². The number of anilines is 1. The molecule has 0 fully saturated rings. The summed E-state index contributed by atoms with van der Waals surface area (Å²) in [5, 5.41) is 3.91. The number of nitrogens with two attached hydrogens (primary N) is 1. The highest BCUT2D eigenvalue weighted by atomic mass is 16.5. The van der Waals surface area contributed by atoms with Crippen molar-refractivity contribution in [3.63, 3.8) is 0 Å². The molecule has 0 bridgehead atoms. The van der Waals surface area contributed by atoms with Crippen LogP contribution in [-0.2, 0) is 5.41 Å². The highest BCUT2D eigenvalue weighted by Crippen LogP contribution is 2.29. The van der Waals surface area contributed by atoms with Crippen LogP contribution in [0.4, 0.5) is 5.95 Å². The Labute approximate surface area is 90.6 Å². The first-order valence-corrected chi connectivity index (χ1v) is 5.31. The Bertz CT molecular complexity index is 296. The van der Waals surface area contributed by atoms with E-state index in [1.54, 1.807) is 0 Å². The first-order chi connectivity index (χ1) is 7.09. The zero-order valence-electron chi connectivity index (χ0n) is 9.95. The van der Waals surface area contributed by atoms with Crippen LogP contribution >= 0.6 is 0 Å². The molecule has 0 amide bonds. The maximum absolute atomic E-state index is 5.80. The highest BCUT2D eigenvalue weighted by molar-refractivity contribution is 5.25. The molecule has 0 saturated heterocycles. The van der Waals surface area contributed by atoms with Crippen molar-refractivity contribution in [3.8, 4) is 0 Å². The van der Waals surface area contributed by atoms with Crippen LogP contribution in [0, 0.1) is 0 Å². The van der Waals surface area contributed by atoms with Crippen molar-refractivity contribution >= 4 is 5.95 Å². The Morgan fingerprint density at radius 2 is 1.93 bits per heavy atom. The number of nitrogens with zero attached hydrogens (tertiary/aromatic N) is 3. The van der Waals surface area contributed by atoms with Gasteiger partial charge < -0.3 is 15.2 Å². The lowest BCUT2D eigenvalue weighted by molar-refractivity contribution is 0.267. The minimum absolute atomic E-state index is 0.165. The molecule has 0 aliphatic carbocycles. The highest BCUT2D eigenvalue weighted by Gasteiger charge is 2.33. The Balaban J connectivity index is 3.01. The van der Waals surface area contributed by atoms with Gasteiger partial charge >= 0.3 is 0 Å². The number of hydrogen-bond donors (Lipinski definition) is 1. The van der Waals surface area contributed by atoms with Gasteiger partial charge in [0.2, 0.25) is 5.89 Å². The Morgan fingerprint density at radius 1 is 1.33 bits per heavy atom. The Morgan fingerprint density at radius 3 is 2.27 bits per heavy atom. The average Bonchev–Trinajstić information content (AvgIpc) is 2.71. The molecular formula is C10H20N4O. The van der Waals surface area contributed by atoms with Gasteiger partial charge in [0.25, 0.3) is 5.95 Å². The molecule has 0 saturated carbocycles. The second-order valence-corrected chi connectivity index (χ2v) is 3.99. The molecule has 0 atom stereocenters. The SMILES string of the molecule is CCC(CC)(CN)c1nc(N(C)C)no1. The van der Waals surface area contributed by atoms with Crippen LogP contribution in [0.1, 0.15) is 32.6 Å². The summed E-state index contributed by atoms with van der Waals surface area (Å²) in [6.45, 7) is 4.72. The van der Waals surface area contributed by atoms with E-state index in [-0.39, 0.29) is 5.41 Å². The van der Waals surface area contributed by atoms with Crippen molar-refractivity contribution in [2.24, 2.45) is 5.73 Å². The molecule has 1 aromatic heterocycles. The number of aromatic nitrogens is 2. The predicted molar refractivity (Wildman–Crippen MR) is 59.9 cm³/mol. The van der Waals surface area contributed by atoms with Crippen LogP contribution in [0.2, 0.25) is 0 Å². The first-order valence-electron chi connectivity index (χ1n) is 5.31. The molecule has 0 aliphatic heterocycles. The van der Waals surface area contributed by atoms with Crippen molar-refractivity contribution in [1.82, 2.24) is 10.1 Å². The minimum atomic E-state index is -0.165. The van der Waals surface area contributed by atoms with E-state index >= 15 is 0 Å². The van der Waals surface area contributed by atoms with Crippen LogP contribution in [0.15, 0.2) is 4.52 Å². The molecule has 1 aromatic rings. The normalized spacial score (nSPS) is 11.8. The van der Waals surface area contributed by atoms with E-state index in [1.165, 1.54) is 0 Å². The van der Waals surface area contributed by atoms with Crippen molar-refractivity contribution in [2.75, 3.05) is 25.5 Å². The van der Waals surface area contributed by atoms with Crippen molar-refractivity contribution in [3.05, 3.63) is 5.89 Å². The maximum atomic E-state index is 5.80. The molecule has 0 spiro atoms. The summed E-state index contributed by atoms with van der Waals surface area (Å²) in [4.78, 5) is 6.18. The molecule has 2 N–H and O–H groups in total. The smallest absolute Gasteiger partial charge is 0.265 e. The summed E-state index contributed by atoms with van der Waals surface area (Å²) in [6, 6.07) is 0. The van der Waals surface area contributed by atoms with E-state index in [9.17, 15) is 0 Å². The maximum Gasteiger partial charge on any atom is 0.265 e. The number of hydrogen-bond acceptors (Lipinski definition) is 5. The summed E-state index contributed by atoms with van der Waals surface area (Å²) < 4.78 is 5.28. The largest absolute Gasteiger partial charge is 0.344 e. The molecule has 15 heavy (non-hydrogen) atoms. The van der Waals surface area contributed by atoms with Crippen LogP contribution in [0.5, 0.6) is 0 Å². The molecule has 1 heterocycles. The van der Waals surface area contributed by atoms with Gasteiger partial charge in [-0.3, -0.25) is 0 Å². The van der Waals surface area contributed by atoms with Crippen molar-refractivity contribution in [1.29, 1.82) is 0 Å². The third kappa shape index (κ3) is 2.12. The van der Waals surface area contributed by atoms with Gasteiger partial charge in [-0.2, -0.15) is 4.98 Å². The standard InChI is InChI=1S/C10H20N4O/c1-5-10(6-2,7-11)8-12-9(13-15-8)14(3)4/h5-7,11H2,1-4H3. The van der Waals surface area contributed by atoms with Crippen molar-refractivity contribution in [2.45, 2.75) is 32.1 Å². The van der Waals surface area contributed by atoms with Gasteiger partial charge in [0.1, 0.15) is 0 Å². The Hall–Kier alpha value is -1.10. The molecule has 5 nitrogen and oxygen atoms in total. The summed E-state index contributed by atoms with van der Waals surface area (Å²) in [7, 11) is 3.77. The second-order valence-electron chi connectivity index (χ2n) is 3.99. The van der Waals surface area contributed by atoms with Crippen LogP contribution in [-0.4, -0.2) is 30.8 Å². The van der Waals surface area contributed by atoms with Gasteiger partial charge in [-0.05, 0) is 18.0 Å². The van der Waals surface area contributed by atoms with Gasteiger partial charge in [-0.25, -0.2) is 0 Å². The second kappa shape index (κ2) is 4.61. The van der Waals surface area contributed by atoms with E-state index in [2.05, 4.69) is 24.0 Å². The summed E-state index contributed by atoms with van der Waals surface area (Å²) >= 11 is 0. The summed E-state index contributed by atoms with van der Waals surface area (Å²) in [6.07, 6.45) is 1.82.